The highest BCUT2D eigenvalue weighted by atomic mass is 16.3. The molecule has 0 atom stereocenters. The van der Waals surface area contributed by atoms with Gasteiger partial charge in [-0.2, -0.15) is 0 Å². The number of aromatic nitrogens is 2. The number of nitrogens with two attached hydrogens (primary N) is 1. The highest BCUT2D eigenvalue weighted by Gasteiger charge is 2.51. The van der Waals surface area contributed by atoms with Crippen LogP contribution in [-0.4, -0.2) is 27.5 Å². The normalized spacial score (nSPS) is 15.6. The number of nitrogens with one attached hydrogen (secondary N) is 1. The smallest absolute Gasteiger partial charge is 0.290 e. The fourth-order valence-corrected chi connectivity index (χ4v) is 1.97. The molecule has 0 aliphatic heterocycles. The number of carbonyl (C=O) groups excluding carboxylic acids is 1. The Labute approximate surface area is 103 Å². The van der Waals surface area contributed by atoms with Crippen LogP contribution in [0.1, 0.15) is 18.5 Å². The lowest BCUT2D eigenvalue weighted by molar-refractivity contribution is -0.123. The van der Waals surface area contributed by atoms with Crippen molar-refractivity contribution in [2.45, 2.75) is 18.3 Å². The van der Waals surface area contributed by atoms with Gasteiger partial charge in [-0.05, 0) is 25.0 Å². The molecule has 1 aliphatic carbocycles. The van der Waals surface area contributed by atoms with Gasteiger partial charge in [0.05, 0.1) is 22.8 Å². The zero-order chi connectivity index (χ0) is 13.2. The van der Waals surface area contributed by atoms with E-state index in [1.54, 1.807) is 6.20 Å². The molecule has 1 amide bonds. The van der Waals surface area contributed by atoms with Crippen LogP contribution in [0.15, 0.2) is 24.5 Å². The van der Waals surface area contributed by atoms with Gasteiger partial charge in [0.2, 0.25) is 5.91 Å². The first-order valence-electron chi connectivity index (χ1n) is 5.45. The van der Waals surface area contributed by atoms with Crippen molar-refractivity contribution in [2.75, 3.05) is 0 Å². The van der Waals surface area contributed by atoms with Gasteiger partial charge in [0, 0.05) is 11.6 Å². The molecule has 1 fully saturated rings. The Bertz CT molecular complexity index is 587. The minimum absolute atomic E-state index is 0.250. The predicted octanol–water partition coefficient (Wildman–Crippen LogP) is 0.781. The third-order valence-corrected chi connectivity index (χ3v) is 3.15. The second-order valence-electron chi connectivity index (χ2n) is 4.19. The fourth-order valence-electron chi connectivity index (χ4n) is 1.97. The largest absolute Gasteiger partial charge is 0.483 e. The van der Waals surface area contributed by atoms with E-state index in [0.717, 1.165) is 29.4 Å². The molecule has 0 bridgehead atoms. The Morgan fingerprint density at radius 1 is 1.56 bits per heavy atom. The van der Waals surface area contributed by atoms with Gasteiger partial charge in [-0.15, -0.1) is 0 Å². The van der Waals surface area contributed by atoms with E-state index in [9.17, 15) is 4.79 Å². The maximum Gasteiger partial charge on any atom is 0.290 e. The molecule has 2 aromatic heterocycles. The summed E-state index contributed by atoms with van der Waals surface area (Å²) in [4.78, 5) is 27.1. The molecule has 6 nitrogen and oxygen atoms in total. The van der Waals surface area contributed by atoms with E-state index in [0.29, 0.717) is 0 Å². The summed E-state index contributed by atoms with van der Waals surface area (Å²) >= 11 is 0. The SMILES string of the molecule is NC(=O)C1(c2cc3cc[nH]c3cn2)CC1.O=CO. The Hall–Kier alpha value is -2.37. The van der Waals surface area contributed by atoms with E-state index in [4.69, 9.17) is 15.6 Å². The maximum absolute atomic E-state index is 11.3. The molecule has 0 unspecified atom stereocenters. The number of primary amides is 1. The van der Waals surface area contributed by atoms with E-state index in [2.05, 4.69) is 9.97 Å². The van der Waals surface area contributed by atoms with Gasteiger partial charge < -0.3 is 15.8 Å². The van der Waals surface area contributed by atoms with Crippen LogP contribution in [0.2, 0.25) is 0 Å². The molecule has 94 valence electrons. The number of amides is 1. The molecular weight excluding hydrogens is 234 g/mol. The van der Waals surface area contributed by atoms with Crippen LogP contribution in [-0.2, 0) is 15.0 Å². The van der Waals surface area contributed by atoms with E-state index in [1.807, 2.05) is 18.3 Å². The zero-order valence-corrected chi connectivity index (χ0v) is 9.59. The first kappa shape index (κ1) is 12.1. The molecule has 2 heterocycles. The minimum atomic E-state index is -0.481. The van der Waals surface area contributed by atoms with Gasteiger partial charge in [0.25, 0.3) is 6.47 Å². The summed E-state index contributed by atoms with van der Waals surface area (Å²) in [5.41, 5.74) is 6.71. The monoisotopic (exact) mass is 247 g/mol. The summed E-state index contributed by atoms with van der Waals surface area (Å²) in [5, 5.41) is 7.97. The summed E-state index contributed by atoms with van der Waals surface area (Å²) in [7, 11) is 0. The molecule has 6 heteroatoms. The van der Waals surface area contributed by atoms with Crippen molar-refractivity contribution in [1.82, 2.24) is 9.97 Å². The summed E-state index contributed by atoms with van der Waals surface area (Å²) in [6.45, 7) is -0.250. The van der Waals surface area contributed by atoms with Crippen LogP contribution in [0.5, 0.6) is 0 Å². The number of hydrogen-bond acceptors (Lipinski definition) is 3. The van der Waals surface area contributed by atoms with Gasteiger partial charge in [0.15, 0.2) is 0 Å². The van der Waals surface area contributed by atoms with E-state index in [1.165, 1.54) is 0 Å². The standard InChI is InChI=1S/C11H11N3O.CH2O2/c12-10(15)11(2-3-11)9-5-7-1-4-13-8(7)6-14-9;2-1-3/h1,4-6,13H,2-3H2,(H2,12,15);1H,(H,2,3). The van der Waals surface area contributed by atoms with E-state index >= 15 is 0 Å². The first-order chi connectivity index (χ1) is 8.64. The quantitative estimate of drug-likeness (QED) is 0.681. The maximum atomic E-state index is 11.3. The molecule has 0 aromatic carbocycles. The van der Waals surface area contributed by atoms with Crippen LogP contribution >= 0.6 is 0 Å². The zero-order valence-electron chi connectivity index (χ0n) is 9.59. The van der Waals surface area contributed by atoms with Gasteiger partial charge in [-0.1, -0.05) is 0 Å². The third-order valence-electron chi connectivity index (χ3n) is 3.15. The number of fused-ring (bicyclic) bond motifs is 1. The average molecular weight is 247 g/mol. The Kier molecular flexibility index (Phi) is 3.01. The molecule has 0 radical (unpaired) electrons. The number of aromatic amines is 1. The van der Waals surface area contributed by atoms with Crippen molar-refractivity contribution in [3.63, 3.8) is 0 Å². The van der Waals surface area contributed by atoms with Crippen LogP contribution in [0, 0.1) is 0 Å². The van der Waals surface area contributed by atoms with Crippen LogP contribution < -0.4 is 5.73 Å². The topological polar surface area (TPSA) is 109 Å². The Morgan fingerprint density at radius 3 is 2.78 bits per heavy atom. The Balaban J connectivity index is 0.000000367. The molecule has 3 rings (SSSR count). The summed E-state index contributed by atoms with van der Waals surface area (Å²) in [5.74, 6) is -0.259. The minimum Gasteiger partial charge on any atom is -0.483 e. The molecular formula is C12H13N3O3. The Morgan fingerprint density at radius 2 is 2.22 bits per heavy atom. The lowest BCUT2D eigenvalue weighted by Gasteiger charge is -2.09. The van der Waals surface area contributed by atoms with Crippen molar-refractivity contribution in [1.29, 1.82) is 0 Å². The molecule has 4 N–H and O–H groups in total. The highest BCUT2D eigenvalue weighted by molar-refractivity contribution is 5.90. The lowest BCUT2D eigenvalue weighted by atomic mass is 10.0. The van der Waals surface area contributed by atoms with Crippen LogP contribution in [0.4, 0.5) is 0 Å². The lowest BCUT2D eigenvalue weighted by Crippen LogP contribution is -2.29. The molecule has 18 heavy (non-hydrogen) atoms. The van der Waals surface area contributed by atoms with E-state index in [-0.39, 0.29) is 12.4 Å². The highest BCUT2D eigenvalue weighted by Crippen LogP contribution is 2.47. The number of H-pyrrole nitrogens is 1. The van der Waals surface area contributed by atoms with Gasteiger partial charge in [-0.25, -0.2) is 0 Å². The van der Waals surface area contributed by atoms with Crippen molar-refractivity contribution < 1.29 is 14.7 Å². The first-order valence-corrected chi connectivity index (χ1v) is 5.45. The molecule has 1 aliphatic rings. The number of carboxylic acid groups (broad SMARTS) is 1. The second-order valence-corrected chi connectivity index (χ2v) is 4.19. The number of nitrogens with zero attached hydrogens (tertiary/aromatic N) is 1. The predicted molar refractivity (Wildman–Crippen MR) is 64.9 cm³/mol. The summed E-state index contributed by atoms with van der Waals surface area (Å²) < 4.78 is 0. The average Bonchev–Trinajstić information content (AvgIpc) is 3.03. The number of hydrogen-bond donors (Lipinski definition) is 3. The van der Waals surface area contributed by atoms with Gasteiger partial charge in [0.1, 0.15) is 0 Å². The van der Waals surface area contributed by atoms with Crippen molar-refractivity contribution in [2.24, 2.45) is 5.73 Å². The van der Waals surface area contributed by atoms with Crippen LogP contribution in [0.25, 0.3) is 10.9 Å². The van der Waals surface area contributed by atoms with Crippen LogP contribution in [0.3, 0.4) is 0 Å². The second kappa shape index (κ2) is 4.48. The number of carbonyl (C=O) groups is 2. The number of pyridine rings is 1. The summed E-state index contributed by atoms with van der Waals surface area (Å²) in [6, 6.07) is 3.92. The van der Waals surface area contributed by atoms with Gasteiger partial charge in [-0.3, -0.25) is 14.6 Å². The van der Waals surface area contributed by atoms with Gasteiger partial charge >= 0.3 is 0 Å². The third kappa shape index (κ3) is 1.92. The summed E-state index contributed by atoms with van der Waals surface area (Å²) in [6.07, 6.45) is 5.27. The van der Waals surface area contributed by atoms with E-state index < -0.39 is 5.41 Å². The molecule has 0 spiro atoms. The van der Waals surface area contributed by atoms with Crippen molar-refractivity contribution in [3.8, 4) is 0 Å². The van der Waals surface area contributed by atoms with Crippen molar-refractivity contribution >= 4 is 23.3 Å². The molecule has 1 saturated carbocycles. The molecule has 0 saturated heterocycles. The molecule has 2 aromatic rings. The van der Waals surface area contributed by atoms with Crippen molar-refractivity contribution in [3.05, 3.63) is 30.2 Å². The fraction of sp³-hybridized carbons (Fsp3) is 0.250. The number of rotatable bonds is 2.